The number of likely N-dealkylation sites (N-methyl/N-ethyl adjacent to an activating group) is 1. The van der Waals surface area contributed by atoms with E-state index in [9.17, 15) is 4.79 Å². The number of benzene rings is 1. The zero-order chi connectivity index (χ0) is 13.8. The van der Waals surface area contributed by atoms with Crippen LogP contribution in [0.3, 0.4) is 0 Å². The molecule has 0 heterocycles. The fraction of sp³-hybridized carbons (Fsp3) is 0.533. The molecule has 0 spiro atoms. The predicted molar refractivity (Wildman–Crippen MR) is 75.3 cm³/mol. The van der Waals surface area contributed by atoms with Gasteiger partial charge in [0.05, 0.1) is 6.04 Å². The second-order valence-corrected chi connectivity index (χ2v) is 5.82. The standard InChI is InChI=1S/C15H24N2O/c1-12(14(18)16-15(2,3)4)17(5)11-13-9-7-6-8-10-13/h6-10,12H,11H2,1-5H3,(H,16,18). The van der Waals surface area contributed by atoms with Gasteiger partial charge < -0.3 is 5.32 Å². The molecule has 1 amide bonds. The Bertz CT molecular complexity index is 381. The fourth-order valence-electron chi connectivity index (χ4n) is 1.68. The van der Waals surface area contributed by atoms with Gasteiger partial charge in [-0.3, -0.25) is 9.69 Å². The average molecular weight is 248 g/mol. The lowest BCUT2D eigenvalue weighted by Crippen LogP contribution is -2.49. The van der Waals surface area contributed by atoms with E-state index in [1.54, 1.807) is 0 Å². The second-order valence-electron chi connectivity index (χ2n) is 5.82. The summed E-state index contributed by atoms with van der Waals surface area (Å²) in [5.41, 5.74) is 1.04. The van der Waals surface area contributed by atoms with E-state index in [1.807, 2.05) is 52.9 Å². The zero-order valence-corrected chi connectivity index (χ0v) is 12.0. The van der Waals surface area contributed by atoms with Crippen molar-refractivity contribution in [3.63, 3.8) is 0 Å². The maximum absolute atomic E-state index is 12.0. The first-order valence-electron chi connectivity index (χ1n) is 6.36. The van der Waals surface area contributed by atoms with Gasteiger partial charge in [0.15, 0.2) is 0 Å². The van der Waals surface area contributed by atoms with Gasteiger partial charge in [-0.15, -0.1) is 0 Å². The molecular formula is C15H24N2O. The summed E-state index contributed by atoms with van der Waals surface area (Å²) in [5, 5.41) is 3.00. The topological polar surface area (TPSA) is 32.3 Å². The van der Waals surface area contributed by atoms with Crippen LogP contribution < -0.4 is 5.32 Å². The number of hydrogen-bond acceptors (Lipinski definition) is 2. The monoisotopic (exact) mass is 248 g/mol. The normalized spacial score (nSPS) is 13.4. The number of rotatable bonds is 4. The van der Waals surface area contributed by atoms with Gasteiger partial charge in [0.2, 0.25) is 5.91 Å². The highest BCUT2D eigenvalue weighted by Crippen LogP contribution is 2.07. The molecule has 1 unspecified atom stereocenters. The number of nitrogens with one attached hydrogen (secondary N) is 1. The van der Waals surface area contributed by atoms with Crippen molar-refractivity contribution >= 4 is 5.91 Å². The Morgan fingerprint density at radius 1 is 1.28 bits per heavy atom. The summed E-state index contributed by atoms with van der Waals surface area (Å²) in [4.78, 5) is 14.1. The largest absolute Gasteiger partial charge is 0.350 e. The van der Waals surface area contributed by atoms with Crippen LogP contribution >= 0.6 is 0 Å². The lowest BCUT2D eigenvalue weighted by molar-refractivity contribution is -0.127. The number of carbonyl (C=O) groups is 1. The fourth-order valence-corrected chi connectivity index (χ4v) is 1.68. The van der Waals surface area contributed by atoms with Crippen molar-refractivity contribution in [2.75, 3.05) is 7.05 Å². The van der Waals surface area contributed by atoms with E-state index >= 15 is 0 Å². The lowest BCUT2D eigenvalue weighted by atomic mass is 10.1. The second kappa shape index (κ2) is 6.01. The van der Waals surface area contributed by atoms with Crippen molar-refractivity contribution in [1.29, 1.82) is 0 Å². The Kier molecular flexibility index (Phi) is 4.91. The molecule has 1 rings (SSSR count). The van der Waals surface area contributed by atoms with E-state index in [0.717, 1.165) is 6.54 Å². The quantitative estimate of drug-likeness (QED) is 0.887. The molecule has 1 aromatic carbocycles. The van der Waals surface area contributed by atoms with Crippen molar-refractivity contribution in [3.05, 3.63) is 35.9 Å². The average Bonchev–Trinajstić information content (AvgIpc) is 2.27. The molecule has 0 aliphatic rings. The van der Waals surface area contributed by atoms with Gasteiger partial charge in [0.25, 0.3) is 0 Å². The highest BCUT2D eigenvalue weighted by molar-refractivity contribution is 5.81. The minimum atomic E-state index is -0.182. The number of carbonyl (C=O) groups excluding carboxylic acids is 1. The van der Waals surface area contributed by atoms with E-state index in [0.29, 0.717) is 0 Å². The molecule has 0 saturated carbocycles. The Morgan fingerprint density at radius 3 is 2.33 bits per heavy atom. The summed E-state index contributed by atoms with van der Waals surface area (Å²) in [6.07, 6.45) is 0. The van der Waals surface area contributed by atoms with Crippen molar-refractivity contribution in [3.8, 4) is 0 Å². The number of nitrogens with zero attached hydrogens (tertiary/aromatic N) is 1. The van der Waals surface area contributed by atoms with Gasteiger partial charge in [-0.2, -0.15) is 0 Å². The smallest absolute Gasteiger partial charge is 0.237 e. The third-order valence-electron chi connectivity index (χ3n) is 2.81. The van der Waals surface area contributed by atoms with E-state index in [4.69, 9.17) is 0 Å². The van der Waals surface area contributed by atoms with Crippen LogP contribution in [-0.4, -0.2) is 29.4 Å². The van der Waals surface area contributed by atoms with Gasteiger partial charge in [-0.25, -0.2) is 0 Å². The minimum Gasteiger partial charge on any atom is -0.350 e. The number of amides is 1. The first-order valence-corrected chi connectivity index (χ1v) is 6.36. The summed E-state index contributed by atoms with van der Waals surface area (Å²) in [5.74, 6) is 0.0703. The van der Waals surface area contributed by atoms with E-state index in [1.165, 1.54) is 5.56 Å². The van der Waals surface area contributed by atoms with Gasteiger partial charge in [0, 0.05) is 12.1 Å². The van der Waals surface area contributed by atoms with Crippen molar-refractivity contribution in [1.82, 2.24) is 10.2 Å². The Balaban J connectivity index is 2.56. The van der Waals surface area contributed by atoms with Crippen LogP contribution in [0.15, 0.2) is 30.3 Å². The van der Waals surface area contributed by atoms with Crippen LogP contribution in [-0.2, 0) is 11.3 Å². The SMILES string of the molecule is CC(C(=O)NC(C)(C)C)N(C)Cc1ccccc1. The van der Waals surface area contributed by atoms with Crippen molar-refractivity contribution in [2.45, 2.75) is 45.8 Å². The molecule has 0 saturated heterocycles. The zero-order valence-electron chi connectivity index (χ0n) is 12.0. The van der Waals surface area contributed by atoms with E-state index in [-0.39, 0.29) is 17.5 Å². The highest BCUT2D eigenvalue weighted by atomic mass is 16.2. The Labute approximate surface area is 110 Å². The summed E-state index contributed by atoms with van der Waals surface area (Å²) >= 11 is 0. The summed E-state index contributed by atoms with van der Waals surface area (Å²) < 4.78 is 0. The molecule has 1 atom stereocenters. The summed E-state index contributed by atoms with van der Waals surface area (Å²) in [6, 6.07) is 10.0. The van der Waals surface area contributed by atoms with Gasteiger partial charge in [-0.05, 0) is 40.3 Å². The molecular weight excluding hydrogens is 224 g/mol. The summed E-state index contributed by atoms with van der Waals surface area (Å²) in [7, 11) is 1.97. The molecule has 1 aromatic rings. The third-order valence-corrected chi connectivity index (χ3v) is 2.81. The summed E-state index contributed by atoms with van der Waals surface area (Å²) in [6.45, 7) is 8.70. The number of hydrogen-bond donors (Lipinski definition) is 1. The third kappa shape index (κ3) is 4.88. The van der Waals surface area contributed by atoms with Crippen LogP contribution in [0.1, 0.15) is 33.3 Å². The van der Waals surface area contributed by atoms with E-state index in [2.05, 4.69) is 22.3 Å². The first-order chi connectivity index (χ1) is 8.29. The molecule has 18 heavy (non-hydrogen) atoms. The Hall–Kier alpha value is -1.35. The highest BCUT2D eigenvalue weighted by Gasteiger charge is 2.22. The molecule has 1 N–H and O–H groups in total. The van der Waals surface area contributed by atoms with Crippen LogP contribution in [0.5, 0.6) is 0 Å². The Morgan fingerprint density at radius 2 is 1.83 bits per heavy atom. The lowest BCUT2D eigenvalue weighted by Gasteiger charge is -2.28. The van der Waals surface area contributed by atoms with Crippen molar-refractivity contribution < 1.29 is 4.79 Å². The minimum absolute atomic E-state index is 0.0703. The van der Waals surface area contributed by atoms with Crippen molar-refractivity contribution in [2.24, 2.45) is 0 Å². The van der Waals surface area contributed by atoms with Crippen LogP contribution in [0.4, 0.5) is 0 Å². The van der Waals surface area contributed by atoms with Gasteiger partial charge in [-0.1, -0.05) is 30.3 Å². The molecule has 100 valence electrons. The molecule has 0 aliphatic heterocycles. The molecule has 3 heteroatoms. The predicted octanol–water partition coefficient (Wildman–Crippen LogP) is 2.42. The molecule has 0 bridgehead atoms. The molecule has 3 nitrogen and oxygen atoms in total. The maximum atomic E-state index is 12.0. The molecule has 0 aliphatic carbocycles. The van der Waals surface area contributed by atoms with Crippen LogP contribution in [0.2, 0.25) is 0 Å². The molecule has 0 radical (unpaired) electrons. The first kappa shape index (κ1) is 14.7. The molecule has 0 fully saturated rings. The van der Waals surface area contributed by atoms with Crippen LogP contribution in [0, 0.1) is 0 Å². The molecule has 0 aromatic heterocycles. The van der Waals surface area contributed by atoms with Gasteiger partial charge >= 0.3 is 0 Å². The maximum Gasteiger partial charge on any atom is 0.237 e. The van der Waals surface area contributed by atoms with E-state index < -0.39 is 0 Å². The van der Waals surface area contributed by atoms with Crippen LogP contribution in [0.25, 0.3) is 0 Å². The van der Waals surface area contributed by atoms with Gasteiger partial charge in [0.1, 0.15) is 0 Å².